The highest BCUT2D eigenvalue weighted by Gasteiger charge is 2.29. The highest BCUT2D eigenvalue weighted by molar-refractivity contribution is 7.89. The van der Waals surface area contributed by atoms with Crippen molar-refractivity contribution in [2.75, 3.05) is 19.0 Å². The topological polar surface area (TPSA) is 84.9 Å². The van der Waals surface area contributed by atoms with Crippen LogP contribution < -0.4 is 14.8 Å². The molecule has 1 aliphatic carbocycles. The zero-order valence-electron chi connectivity index (χ0n) is 19.5. The molecule has 178 valence electrons. The Kier molecular flexibility index (Phi) is 6.95. The molecular formula is C25H32N2O5S. The van der Waals surface area contributed by atoms with E-state index < -0.39 is 15.9 Å². The third-order valence-electron chi connectivity index (χ3n) is 6.41. The van der Waals surface area contributed by atoms with Gasteiger partial charge in [-0.1, -0.05) is 25.3 Å². The van der Waals surface area contributed by atoms with E-state index in [1.807, 2.05) is 19.9 Å². The van der Waals surface area contributed by atoms with Gasteiger partial charge in [-0.15, -0.1) is 0 Å². The number of anilines is 1. The maximum atomic E-state index is 13.2. The van der Waals surface area contributed by atoms with Gasteiger partial charge in [0.05, 0.1) is 17.2 Å². The van der Waals surface area contributed by atoms with E-state index in [1.54, 1.807) is 31.3 Å². The summed E-state index contributed by atoms with van der Waals surface area (Å²) in [6.07, 6.45) is 5.83. The number of hydrogen-bond donors (Lipinski definition) is 1. The van der Waals surface area contributed by atoms with Gasteiger partial charge in [-0.05, 0) is 51.0 Å². The van der Waals surface area contributed by atoms with Crippen molar-refractivity contribution < 1.29 is 22.7 Å². The summed E-state index contributed by atoms with van der Waals surface area (Å²) in [4.78, 5) is 13.2. The van der Waals surface area contributed by atoms with Gasteiger partial charge in [-0.25, -0.2) is 8.42 Å². The Hall–Kier alpha value is -2.58. The number of ether oxygens (including phenoxy) is 2. The lowest BCUT2D eigenvalue weighted by atomic mass is 9.96. The Morgan fingerprint density at radius 2 is 1.94 bits per heavy atom. The monoisotopic (exact) mass is 472 g/mol. The van der Waals surface area contributed by atoms with Crippen molar-refractivity contribution in [2.24, 2.45) is 0 Å². The van der Waals surface area contributed by atoms with Crippen LogP contribution >= 0.6 is 0 Å². The molecule has 0 bridgehead atoms. The van der Waals surface area contributed by atoms with Gasteiger partial charge in [0, 0.05) is 36.7 Å². The van der Waals surface area contributed by atoms with Crippen molar-refractivity contribution in [3.63, 3.8) is 0 Å². The number of rotatable bonds is 7. The van der Waals surface area contributed by atoms with E-state index in [1.165, 1.54) is 10.4 Å². The van der Waals surface area contributed by atoms with Gasteiger partial charge in [0.25, 0.3) is 5.91 Å². The smallest absolute Gasteiger partial charge is 0.255 e. The Bertz CT molecular complexity index is 1130. The standard InChI is InChI=1S/C25H32N2O5S/c1-4-31-24-15-19-13-17(2)32-23(19)16-22(24)26-25(28)18-9-8-12-21(14-18)33(29,30)27(3)20-10-6-5-7-11-20/h8-9,12,14-17,20H,4-7,10-11,13H2,1-3H3,(H,26,28). The number of sulfonamides is 1. The van der Waals surface area contributed by atoms with Crippen LogP contribution in [0.3, 0.4) is 0 Å². The number of amides is 1. The predicted molar refractivity (Wildman–Crippen MR) is 128 cm³/mol. The molecule has 2 aliphatic rings. The molecule has 7 nitrogen and oxygen atoms in total. The Morgan fingerprint density at radius 1 is 1.18 bits per heavy atom. The van der Waals surface area contributed by atoms with Crippen LogP contribution in [0.2, 0.25) is 0 Å². The number of carbonyl (C=O) groups is 1. The van der Waals surface area contributed by atoms with Gasteiger partial charge in [0.2, 0.25) is 10.0 Å². The Balaban J connectivity index is 1.57. The molecule has 1 N–H and O–H groups in total. The second-order valence-corrected chi connectivity index (χ2v) is 10.8. The van der Waals surface area contributed by atoms with E-state index in [2.05, 4.69) is 5.32 Å². The molecule has 4 rings (SSSR count). The second-order valence-electron chi connectivity index (χ2n) is 8.82. The van der Waals surface area contributed by atoms with Crippen LogP contribution in [0.4, 0.5) is 5.69 Å². The fourth-order valence-corrected chi connectivity index (χ4v) is 6.07. The van der Waals surface area contributed by atoms with Crippen LogP contribution in [0, 0.1) is 0 Å². The molecule has 1 atom stereocenters. The fraction of sp³-hybridized carbons (Fsp3) is 0.480. The molecule has 0 radical (unpaired) electrons. The number of nitrogens with one attached hydrogen (secondary N) is 1. The zero-order valence-corrected chi connectivity index (χ0v) is 20.3. The second kappa shape index (κ2) is 9.73. The van der Waals surface area contributed by atoms with Crippen molar-refractivity contribution in [2.45, 2.75) is 69.4 Å². The molecule has 1 amide bonds. The molecule has 1 saturated carbocycles. The van der Waals surface area contributed by atoms with E-state index in [9.17, 15) is 13.2 Å². The molecule has 2 aromatic rings. The van der Waals surface area contributed by atoms with Crippen LogP contribution in [-0.2, 0) is 16.4 Å². The van der Waals surface area contributed by atoms with E-state index in [0.29, 0.717) is 18.0 Å². The summed E-state index contributed by atoms with van der Waals surface area (Å²) in [5.74, 6) is 0.897. The molecule has 0 spiro atoms. The zero-order chi connectivity index (χ0) is 23.6. The third-order valence-corrected chi connectivity index (χ3v) is 8.31. The molecule has 2 aromatic carbocycles. The summed E-state index contributed by atoms with van der Waals surface area (Å²) in [6.45, 7) is 4.34. The van der Waals surface area contributed by atoms with E-state index in [-0.39, 0.29) is 22.6 Å². The van der Waals surface area contributed by atoms with Crippen molar-refractivity contribution in [1.29, 1.82) is 0 Å². The Morgan fingerprint density at radius 3 is 2.67 bits per heavy atom. The minimum atomic E-state index is -3.69. The summed E-state index contributed by atoms with van der Waals surface area (Å²) in [6, 6.07) is 9.88. The number of carbonyl (C=O) groups excluding carboxylic acids is 1. The SMILES string of the molecule is CCOc1cc2c(cc1NC(=O)c1cccc(S(=O)(=O)N(C)C3CCCCC3)c1)OC(C)C2. The first kappa shape index (κ1) is 23.6. The van der Waals surface area contributed by atoms with Gasteiger partial charge in [0.15, 0.2) is 0 Å². The molecular weight excluding hydrogens is 440 g/mol. The number of benzene rings is 2. The van der Waals surface area contributed by atoms with E-state index >= 15 is 0 Å². The number of nitrogens with zero attached hydrogens (tertiary/aromatic N) is 1. The molecule has 1 heterocycles. The average molecular weight is 473 g/mol. The molecule has 0 saturated heterocycles. The molecule has 0 aromatic heterocycles. The van der Waals surface area contributed by atoms with Crippen LogP contribution in [0.1, 0.15) is 61.9 Å². The van der Waals surface area contributed by atoms with Gasteiger partial charge in [-0.2, -0.15) is 4.31 Å². The number of fused-ring (bicyclic) bond motifs is 1. The lowest BCUT2D eigenvalue weighted by molar-refractivity contribution is 0.102. The maximum Gasteiger partial charge on any atom is 0.255 e. The summed E-state index contributed by atoms with van der Waals surface area (Å²) < 4.78 is 39.5. The molecule has 1 aliphatic heterocycles. The highest BCUT2D eigenvalue weighted by atomic mass is 32.2. The van der Waals surface area contributed by atoms with Gasteiger partial charge in [0.1, 0.15) is 17.6 Å². The van der Waals surface area contributed by atoms with E-state index in [0.717, 1.165) is 49.8 Å². The van der Waals surface area contributed by atoms with Crippen molar-refractivity contribution in [1.82, 2.24) is 4.31 Å². The maximum absolute atomic E-state index is 13.2. The van der Waals surface area contributed by atoms with Gasteiger partial charge < -0.3 is 14.8 Å². The lowest BCUT2D eigenvalue weighted by Crippen LogP contribution is -2.38. The van der Waals surface area contributed by atoms with Crippen LogP contribution in [0.15, 0.2) is 41.3 Å². The van der Waals surface area contributed by atoms with Crippen molar-refractivity contribution in [3.05, 3.63) is 47.5 Å². The van der Waals surface area contributed by atoms with Crippen LogP contribution in [-0.4, -0.2) is 44.4 Å². The van der Waals surface area contributed by atoms with E-state index in [4.69, 9.17) is 9.47 Å². The molecule has 8 heteroatoms. The predicted octanol–water partition coefficient (Wildman–Crippen LogP) is 4.61. The van der Waals surface area contributed by atoms with Gasteiger partial charge >= 0.3 is 0 Å². The minimum Gasteiger partial charge on any atom is -0.492 e. The van der Waals surface area contributed by atoms with Gasteiger partial charge in [-0.3, -0.25) is 4.79 Å². The first-order valence-corrected chi connectivity index (χ1v) is 13.1. The lowest BCUT2D eigenvalue weighted by Gasteiger charge is -2.30. The minimum absolute atomic E-state index is 0.00351. The van der Waals surface area contributed by atoms with Crippen LogP contribution in [0.25, 0.3) is 0 Å². The van der Waals surface area contributed by atoms with Crippen molar-refractivity contribution in [3.8, 4) is 11.5 Å². The largest absolute Gasteiger partial charge is 0.492 e. The summed E-state index contributed by atoms with van der Waals surface area (Å²) >= 11 is 0. The summed E-state index contributed by atoms with van der Waals surface area (Å²) in [5, 5.41) is 2.88. The fourth-order valence-electron chi connectivity index (χ4n) is 4.61. The quantitative estimate of drug-likeness (QED) is 0.636. The normalized spacial score (nSPS) is 18.6. The summed E-state index contributed by atoms with van der Waals surface area (Å²) in [5.41, 5.74) is 1.82. The molecule has 1 fully saturated rings. The van der Waals surface area contributed by atoms with Crippen LogP contribution in [0.5, 0.6) is 11.5 Å². The molecule has 1 unspecified atom stereocenters. The molecule has 33 heavy (non-hydrogen) atoms. The first-order valence-electron chi connectivity index (χ1n) is 11.7. The third kappa shape index (κ3) is 5.01. The number of hydrogen-bond acceptors (Lipinski definition) is 5. The average Bonchev–Trinajstić information content (AvgIpc) is 3.18. The summed E-state index contributed by atoms with van der Waals surface area (Å²) in [7, 11) is -2.05. The Labute approximate surface area is 196 Å². The first-order chi connectivity index (χ1) is 15.8. The van der Waals surface area contributed by atoms with Crippen molar-refractivity contribution >= 4 is 21.6 Å². The highest BCUT2D eigenvalue weighted by Crippen LogP contribution is 2.38.